The van der Waals surface area contributed by atoms with E-state index >= 15 is 0 Å². The van der Waals surface area contributed by atoms with Crippen LogP contribution in [0.5, 0.6) is 0 Å². The fourth-order valence-electron chi connectivity index (χ4n) is 2.73. The highest BCUT2D eigenvalue weighted by molar-refractivity contribution is 4.85. The topological polar surface area (TPSA) is 21.3 Å². The minimum absolute atomic E-state index is 0.537. The highest BCUT2D eigenvalue weighted by atomic mass is 16.5. The fourth-order valence-corrected chi connectivity index (χ4v) is 2.73. The maximum Gasteiger partial charge on any atom is 0.0590 e. The van der Waals surface area contributed by atoms with E-state index in [2.05, 4.69) is 19.2 Å². The van der Waals surface area contributed by atoms with Gasteiger partial charge in [-0.25, -0.2) is 0 Å². The van der Waals surface area contributed by atoms with Gasteiger partial charge in [0.05, 0.1) is 6.10 Å². The van der Waals surface area contributed by atoms with Gasteiger partial charge in [0.2, 0.25) is 0 Å². The molecule has 2 atom stereocenters. The first-order chi connectivity index (χ1) is 6.74. The van der Waals surface area contributed by atoms with Crippen molar-refractivity contribution in [2.24, 2.45) is 5.92 Å². The van der Waals surface area contributed by atoms with Crippen LogP contribution in [0.3, 0.4) is 0 Å². The Morgan fingerprint density at radius 3 is 2.79 bits per heavy atom. The summed E-state index contributed by atoms with van der Waals surface area (Å²) in [6.45, 7) is 5.62. The molecule has 0 aromatic carbocycles. The Hall–Kier alpha value is -0.0800. The van der Waals surface area contributed by atoms with Crippen molar-refractivity contribution in [3.63, 3.8) is 0 Å². The highest BCUT2D eigenvalue weighted by Gasteiger charge is 2.27. The van der Waals surface area contributed by atoms with Gasteiger partial charge in [0, 0.05) is 18.7 Å². The van der Waals surface area contributed by atoms with E-state index in [9.17, 15) is 0 Å². The molecular formula is C12H23NO. The number of nitrogens with one attached hydrogen (secondary N) is 1. The maximum absolute atomic E-state index is 5.64. The van der Waals surface area contributed by atoms with Gasteiger partial charge in [0.1, 0.15) is 0 Å². The number of hydrogen-bond acceptors (Lipinski definition) is 2. The van der Waals surface area contributed by atoms with Crippen molar-refractivity contribution < 1.29 is 4.74 Å². The Morgan fingerprint density at radius 2 is 2.21 bits per heavy atom. The molecule has 1 saturated heterocycles. The average molecular weight is 197 g/mol. The molecule has 1 saturated carbocycles. The van der Waals surface area contributed by atoms with E-state index in [1.165, 1.54) is 32.1 Å². The second-order valence-electron chi connectivity index (χ2n) is 5.21. The molecule has 0 radical (unpaired) electrons. The second-order valence-corrected chi connectivity index (χ2v) is 5.21. The van der Waals surface area contributed by atoms with E-state index in [1.54, 1.807) is 0 Å². The Balaban J connectivity index is 1.60. The van der Waals surface area contributed by atoms with Crippen LogP contribution in [0.1, 0.15) is 46.0 Å². The summed E-state index contributed by atoms with van der Waals surface area (Å²) in [6, 6.07) is 1.43. The summed E-state index contributed by atoms with van der Waals surface area (Å²) in [5.41, 5.74) is 0. The summed E-state index contributed by atoms with van der Waals surface area (Å²) in [5, 5.41) is 3.69. The molecule has 2 nitrogen and oxygen atoms in total. The van der Waals surface area contributed by atoms with Crippen LogP contribution in [-0.2, 0) is 4.74 Å². The summed E-state index contributed by atoms with van der Waals surface area (Å²) >= 11 is 0. The second kappa shape index (κ2) is 4.63. The standard InChI is InChI=1S/C12H23NO/c1-9-6-11(7-9)13-10(2)8-12-4-3-5-14-12/h9-13H,3-8H2,1-2H3. The van der Waals surface area contributed by atoms with Gasteiger partial charge in [0.15, 0.2) is 0 Å². The van der Waals surface area contributed by atoms with Crippen molar-refractivity contribution in [1.82, 2.24) is 5.32 Å². The van der Waals surface area contributed by atoms with Gasteiger partial charge in [0.25, 0.3) is 0 Å². The molecule has 0 bridgehead atoms. The molecular weight excluding hydrogens is 174 g/mol. The lowest BCUT2D eigenvalue weighted by Crippen LogP contribution is -2.45. The normalized spacial score (nSPS) is 39.4. The molecule has 82 valence electrons. The minimum atomic E-state index is 0.537. The van der Waals surface area contributed by atoms with Crippen LogP contribution in [0.25, 0.3) is 0 Å². The lowest BCUT2D eigenvalue weighted by atomic mass is 9.81. The Morgan fingerprint density at radius 1 is 1.43 bits per heavy atom. The molecule has 1 heterocycles. The van der Waals surface area contributed by atoms with E-state index in [1.807, 2.05) is 0 Å². The number of rotatable bonds is 4. The lowest BCUT2D eigenvalue weighted by Gasteiger charge is -2.36. The quantitative estimate of drug-likeness (QED) is 0.747. The van der Waals surface area contributed by atoms with Crippen LogP contribution >= 0.6 is 0 Å². The van der Waals surface area contributed by atoms with Crippen molar-refractivity contribution in [1.29, 1.82) is 0 Å². The van der Waals surface area contributed by atoms with Gasteiger partial charge in [-0.15, -0.1) is 0 Å². The van der Waals surface area contributed by atoms with Crippen molar-refractivity contribution >= 4 is 0 Å². The average Bonchev–Trinajstić information content (AvgIpc) is 2.54. The molecule has 0 aromatic heterocycles. The summed E-state index contributed by atoms with van der Waals surface area (Å²) in [4.78, 5) is 0. The number of hydrogen-bond donors (Lipinski definition) is 1. The van der Waals surface area contributed by atoms with E-state index < -0.39 is 0 Å². The highest BCUT2D eigenvalue weighted by Crippen LogP contribution is 2.27. The van der Waals surface area contributed by atoms with Gasteiger partial charge in [-0.05, 0) is 44.9 Å². The summed E-state index contributed by atoms with van der Waals surface area (Å²) in [7, 11) is 0. The Labute approximate surface area is 87.4 Å². The zero-order chi connectivity index (χ0) is 9.97. The van der Waals surface area contributed by atoms with Gasteiger partial charge in [-0.1, -0.05) is 6.92 Å². The van der Waals surface area contributed by atoms with Gasteiger partial charge < -0.3 is 10.1 Å². The predicted octanol–water partition coefficient (Wildman–Crippen LogP) is 2.33. The van der Waals surface area contributed by atoms with Crippen LogP contribution in [0.2, 0.25) is 0 Å². The molecule has 1 aliphatic heterocycles. The predicted molar refractivity (Wildman–Crippen MR) is 58.4 cm³/mol. The van der Waals surface area contributed by atoms with E-state index in [0.717, 1.165) is 18.6 Å². The van der Waals surface area contributed by atoms with E-state index in [-0.39, 0.29) is 0 Å². The fraction of sp³-hybridized carbons (Fsp3) is 1.00. The smallest absolute Gasteiger partial charge is 0.0590 e. The SMILES string of the molecule is CC1CC(NC(C)CC2CCCO2)C1. The van der Waals surface area contributed by atoms with Crippen LogP contribution < -0.4 is 5.32 Å². The van der Waals surface area contributed by atoms with Crippen LogP contribution in [0, 0.1) is 5.92 Å². The van der Waals surface area contributed by atoms with Crippen molar-refractivity contribution in [2.45, 2.75) is 64.1 Å². The lowest BCUT2D eigenvalue weighted by molar-refractivity contribution is 0.0911. The third-order valence-corrected chi connectivity index (χ3v) is 3.53. The molecule has 0 aromatic rings. The van der Waals surface area contributed by atoms with Crippen LogP contribution in [0.4, 0.5) is 0 Å². The van der Waals surface area contributed by atoms with Gasteiger partial charge in [-0.2, -0.15) is 0 Å². The van der Waals surface area contributed by atoms with Crippen molar-refractivity contribution in [2.75, 3.05) is 6.61 Å². The first-order valence-corrected chi connectivity index (χ1v) is 6.11. The molecule has 2 fully saturated rings. The zero-order valence-corrected chi connectivity index (χ0v) is 9.46. The minimum Gasteiger partial charge on any atom is -0.378 e. The maximum atomic E-state index is 5.64. The third-order valence-electron chi connectivity index (χ3n) is 3.53. The molecule has 1 aliphatic carbocycles. The monoisotopic (exact) mass is 197 g/mol. The van der Waals surface area contributed by atoms with Crippen molar-refractivity contribution in [3.05, 3.63) is 0 Å². The summed E-state index contributed by atoms with van der Waals surface area (Å²) < 4.78 is 5.64. The summed E-state index contributed by atoms with van der Waals surface area (Å²) in [6.07, 6.45) is 7.01. The molecule has 0 spiro atoms. The third kappa shape index (κ3) is 2.71. The molecule has 2 heteroatoms. The Bertz CT molecular complexity index is 171. The van der Waals surface area contributed by atoms with Crippen molar-refractivity contribution in [3.8, 4) is 0 Å². The molecule has 1 N–H and O–H groups in total. The molecule has 2 rings (SSSR count). The molecule has 2 aliphatic rings. The first-order valence-electron chi connectivity index (χ1n) is 6.11. The Kier molecular flexibility index (Phi) is 3.45. The van der Waals surface area contributed by atoms with Gasteiger partial charge >= 0.3 is 0 Å². The van der Waals surface area contributed by atoms with E-state index in [0.29, 0.717) is 12.1 Å². The zero-order valence-electron chi connectivity index (χ0n) is 9.46. The first kappa shape index (κ1) is 10.4. The largest absolute Gasteiger partial charge is 0.378 e. The van der Waals surface area contributed by atoms with E-state index in [4.69, 9.17) is 4.74 Å². The van der Waals surface area contributed by atoms with Gasteiger partial charge in [-0.3, -0.25) is 0 Å². The summed E-state index contributed by atoms with van der Waals surface area (Å²) in [5.74, 6) is 0.947. The van der Waals surface area contributed by atoms with Crippen LogP contribution in [-0.4, -0.2) is 24.8 Å². The molecule has 14 heavy (non-hydrogen) atoms. The number of ether oxygens (including phenoxy) is 1. The van der Waals surface area contributed by atoms with Crippen LogP contribution in [0.15, 0.2) is 0 Å². The molecule has 2 unspecified atom stereocenters. The molecule has 0 amide bonds.